The summed E-state index contributed by atoms with van der Waals surface area (Å²) in [4.78, 5) is 14.3. The van der Waals surface area contributed by atoms with Crippen LogP contribution in [0.4, 0.5) is 0 Å². The molecule has 0 bridgehead atoms. The van der Waals surface area contributed by atoms with Crippen molar-refractivity contribution in [2.24, 2.45) is 5.92 Å². The molecule has 0 aliphatic carbocycles. The zero-order valence-electron chi connectivity index (χ0n) is 11.4. The first-order valence-corrected chi connectivity index (χ1v) is 6.75. The first-order valence-electron chi connectivity index (χ1n) is 6.75. The SMILES string of the molecule is CCC1NC(c2ccccc2)N(CC(C)C)C1=O. The molecule has 0 saturated carbocycles. The summed E-state index contributed by atoms with van der Waals surface area (Å²) in [5, 5.41) is 3.44. The number of amides is 1. The van der Waals surface area contributed by atoms with Gasteiger partial charge in [0, 0.05) is 6.54 Å². The smallest absolute Gasteiger partial charge is 0.241 e. The molecular weight excluding hydrogens is 224 g/mol. The van der Waals surface area contributed by atoms with Gasteiger partial charge in [-0.3, -0.25) is 10.1 Å². The molecule has 1 amide bonds. The molecule has 1 N–H and O–H groups in total. The van der Waals surface area contributed by atoms with Crippen LogP contribution in [0.5, 0.6) is 0 Å². The van der Waals surface area contributed by atoms with Crippen molar-refractivity contribution in [2.75, 3.05) is 6.54 Å². The molecule has 1 fully saturated rings. The van der Waals surface area contributed by atoms with Crippen molar-refractivity contribution in [1.82, 2.24) is 10.2 Å². The molecule has 1 aromatic carbocycles. The summed E-state index contributed by atoms with van der Waals surface area (Å²) in [6, 6.07) is 10.2. The third kappa shape index (κ3) is 2.56. The fourth-order valence-corrected chi connectivity index (χ4v) is 2.47. The average Bonchev–Trinajstić information content (AvgIpc) is 2.67. The van der Waals surface area contributed by atoms with E-state index in [0.717, 1.165) is 13.0 Å². The second-order valence-electron chi connectivity index (χ2n) is 5.33. The number of carbonyl (C=O) groups excluding carboxylic acids is 1. The Kier molecular flexibility index (Phi) is 4.02. The van der Waals surface area contributed by atoms with Gasteiger partial charge >= 0.3 is 0 Å². The van der Waals surface area contributed by atoms with E-state index in [9.17, 15) is 4.79 Å². The molecule has 2 atom stereocenters. The van der Waals surface area contributed by atoms with Gasteiger partial charge in [-0.05, 0) is 17.9 Å². The number of benzene rings is 1. The highest BCUT2D eigenvalue weighted by Crippen LogP contribution is 2.27. The Morgan fingerprint density at radius 3 is 2.50 bits per heavy atom. The predicted molar refractivity (Wildman–Crippen MR) is 72.9 cm³/mol. The van der Waals surface area contributed by atoms with Gasteiger partial charge < -0.3 is 4.90 Å². The van der Waals surface area contributed by atoms with Gasteiger partial charge in [0.05, 0.1) is 6.04 Å². The molecule has 1 aliphatic heterocycles. The summed E-state index contributed by atoms with van der Waals surface area (Å²) in [5.41, 5.74) is 1.17. The van der Waals surface area contributed by atoms with E-state index in [-0.39, 0.29) is 18.1 Å². The highest BCUT2D eigenvalue weighted by Gasteiger charge is 2.38. The maximum atomic E-state index is 12.3. The summed E-state index contributed by atoms with van der Waals surface area (Å²) in [5.74, 6) is 0.720. The van der Waals surface area contributed by atoms with Crippen LogP contribution in [0, 0.1) is 5.92 Å². The van der Waals surface area contributed by atoms with E-state index >= 15 is 0 Å². The Balaban J connectivity index is 2.24. The zero-order valence-corrected chi connectivity index (χ0v) is 11.4. The molecule has 2 unspecified atom stereocenters. The Labute approximate surface area is 109 Å². The van der Waals surface area contributed by atoms with E-state index in [1.165, 1.54) is 5.56 Å². The van der Waals surface area contributed by atoms with Gasteiger partial charge in [-0.25, -0.2) is 0 Å². The lowest BCUT2D eigenvalue weighted by atomic mass is 10.1. The number of hydrogen-bond donors (Lipinski definition) is 1. The molecule has 2 rings (SSSR count). The Hall–Kier alpha value is -1.35. The van der Waals surface area contributed by atoms with Crippen molar-refractivity contribution in [3.05, 3.63) is 35.9 Å². The molecule has 98 valence electrons. The molecule has 0 aromatic heterocycles. The van der Waals surface area contributed by atoms with Gasteiger partial charge in [-0.2, -0.15) is 0 Å². The summed E-state index contributed by atoms with van der Waals surface area (Å²) >= 11 is 0. The number of carbonyl (C=O) groups is 1. The van der Waals surface area contributed by atoms with Crippen molar-refractivity contribution < 1.29 is 4.79 Å². The highest BCUT2D eigenvalue weighted by atomic mass is 16.2. The lowest BCUT2D eigenvalue weighted by Gasteiger charge is -2.26. The fraction of sp³-hybridized carbons (Fsp3) is 0.533. The van der Waals surface area contributed by atoms with Crippen LogP contribution in [0.2, 0.25) is 0 Å². The Bertz CT molecular complexity index is 402. The lowest BCUT2D eigenvalue weighted by molar-refractivity contribution is -0.130. The van der Waals surface area contributed by atoms with E-state index < -0.39 is 0 Å². The molecule has 1 aromatic rings. The summed E-state index contributed by atoms with van der Waals surface area (Å²) in [6.07, 6.45) is 0.877. The van der Waals surface area contributed by atoms with Crippen LogP contribution in [0.25, 0.3) is 0 Å². The quantitative estimate of drug-likeness (QED) is 0.885. The maximum Gasteiger partial charge on any atom is 0.241 e. The average molecular weight is 246 g/mol. The molecule has 3 heteroatoms. The number of nitrogens with zero attached hydrogens (tertiary/aromatic N) is 1. The van der Waals surface area contributed by atoms with Crippen molar-refractivity contribution in [1.29, 1.82) is 0 Å². The summed E-state index contributed by atoms with van der Waals surface area (Å²) in [6.45, 7) is 7.15. The van der Waals surface area contributed by atoms with E-state index in [4.69, 9.17) is 0 Å². The van der Waals surface area contributed by atoms with Gasteiger partial charge in [0.15, 0.2) is 0 Å². The van der Waals surface area contributed by atoms with Crippen LogP contribution in [0.15, 0.2) is 30.3 Å². The molecular formula is C15H22N2O. The van der Waals surface area contributed by atoms with Crippen molar-refractivity contribution in [3.63, 3.8) is 0 Å². The third-order valence-electron chi connectivity index (χ3n) is 3.34. The summed E-state index contributed by atoms with van der Waals surface area (Å²) in [7, 11) is 0. The van der Waals surface area contributed by atoms with Crippen LogP contribution in [0.1, 0.15) is 38.9 Å². The largest absolute Gasteiger partial charge is 0.321 e. The van der Waals surface area contributed by atoms with Crippen molar-refractivity contribution in [3.8, 4) is 0 Å². The van der Waals surface area contributed by atoms with Gasteiger partial charge in [-0.1, -0.05) is 51.1 Å². The lowest BCUT2D eigenvalue weighted by Crippen LogP contribution is -2.34. The predicted octanol–water partition coefficient (Wildman–Crippen LogP) is 2.55. The van der Waals surface area contributed by atoms with E-state index in [1.54, 1.807) is 0 Å². The van der Waals surface area contributed by atoms with E-state index in [2.05, 4.69) is 38.2 Å². The molecule has 1 saturated heterocycles. The molecule has 1 heterocycles. The Morgan fingerprint density at radius 2 is 1.94 bits per heavy atom. The maximum absolute atomic E-state index is 12.3. The second kappa shape index (κ2) is 5.53. The van der Waals surface area contributed by atoms with Crippen molar-refractivity contribution in [2.45, 2.75) is 39.4 Å². The molecule has 0 spiro atoms. The Morgan fingerprint density at radius 1 is 1.28 bits per heavy atom. The topological polar surface area (TPSA) is 32.3 Å². The summed E-state index contributed by atoms with van der Waals surface area (Å²) < 4.78 is 0. The van der Waals surface area contributed by atoms with Gasteiger partial charge in [0.1, 0.15) is 6.17 Å². The van der Waals surface area contributed by atoms with Crippen molar-refractivity contribution >= 4 is 5.91 Å². The molecule has 0 radical (unpaired) electrons. The number of rotatable bonds is 4. The van der Waals surface area contributed by atoms with Crippen LogP contribution in [-0.4, -0.2) is 23.4 Å². The third-order valence-corrected chi connectivity index (χ3v) is 3.34. The van der Waals surface area contributed by atoms with Crippen LogP contribution < -0.4 is 5.32 Å². The van der Waals surface area contributed by atoms with Crippen LogP contribution in [0.3, 0.4) is 0 Å². The second-order valence-corrected chi connectivity index (χ2v) is 5.33. The minimum atomic E-state index is -0.0334. The van der Waals surface area contributed by atoms with Crippen LogP contribution >= 0.6 is 0 Å². The first-order chi connectivity index (χ1) is 8.63. The van der Waals surface area contributed by atoms with E-state index in [1.807, 2.05) is 23.1 Å². The molecule has 1 aliphatic rings. The minimum Gasteiger partial charge on any atom is -0.321 e. The molecule has 3 nitrogen and oxygen atoms in total. The first kappa shape index (κ1) is 13.1. The monoisotopic (exact) mass is 246 g/mol. The zero-order chi connectivity index (χ0) is 13.1. The highest BCUT2D eigenvalue weighted by molar-refractivity contribution is 5.84. The van der Waals surface area contributed by atoms with Gasteiger partial charge in [0.25, 0.3) is 0 Å². The normalized spacial score (nSPS) is 24.0. The van der Waals surface area contributed by atoms with E-state index in [0.29, 0.717) is 5.92 Å². The fourth-order valence-electron chi connectivity index (χ4n) is 2.47. The standard InChI is InChI=1S/C15H22N2O/c1-4-13-15(18)17(10-11(2)3)14(16-13)12-8-6-5-7-9-12/h5-9,11,13-14,16H,4,10H2,1-3H3. The number of nitrogens with one attached hydrogen (secondary N) is 1. The van der Waals surface area contributed by atoms with Crippen LogP contribution in [-0.2, 0) is 4.79 Å². The van der Waals surface area contributed by atoms with Gasteiger partial charge in [-0.15, -0.1) is 0 Å². The number of hydrogen-bond acceptors (Lipinski definition) is 2. The molecule has 18 heavy (non-hydrogen) atoms. The minimum absolute atomic E-state index is 0.0334. The van der Waals surface area contributed by atoms with Gasteiger partial charge in [0.2, 0.25) is 5.91 Å².